The smallest absolute Gasteiger partial charge is 0.123 e. The fourth-order valence-corrected chi connectivity index (χ4v) is 1.93. The summed E-state index contributed by atoms with van der Waals surface area (Å²) in [6.45, 7) is 5.51. The highest BCUT2D eigenvalue weighted by Gasteiger charge is 2.08. The van der Waals surface area contributed by atoms with Crippen molar-refractivity contribution in [2.45, 2.75) is 45.1 Å². The van der Waals surface area contributed by atoms with Gasteiger partial charge in [-0.25, -0.2) is 4.39 Å². The summed E-state index contributed by atoms with van der Waals surface area (Å²) in [6, 6.07) is 4.74. The fourth-order valence-electron chi connectivity index (χ4n) is 1.93. The van der Waals surface area contributed by atoms with Crippen molar-refractivity contribution in [1.82, 2.24) is 0 Å². The van der Waals surface area contributed by atoms with Crippen molar-refractivity contribution in [2.75, 3.05) is 0 Å². The number of hydrogen-bond donors (Lipinski definition) is 1. The Balaban J connectivity index is 2.40. The molecule has 0 aliphatic carbocycles. The Hall–Kier alpha value is -1.15. The van der Waals surface area contributed by atoms with Gasteiger partial charge in [-0.05, 0) is 49.4 Å². The van der Waals surface area contributed by atoms with Crippen molar-refractivity contribution in [3.8, 4) is 0 Å². The summed E-state index contributed by atoms with van der Waals surface area (Å²) in [5.41, 5.74) is 1.54. The Morgan fingerprint density at radius 2 is 2.06 bits per heavy atom. The lowest BCUT2D eigenvalue weighted by Crippen LogP contribution is -1.99. The monoisotopic (exact) mass is 236 g/mol. The molecule has 0 saturated carbocycles. The summed E-state index contributed by atoms with van der Waals surface area (Å²) >= 11 is 0. The molecule has 1 atom stereocenters. The fraction of sp³-hybridized carbons (Fsp3) is 0.467. The third-order valence-corrected chi connectivity index (χ3v) is 2.84. The van der Waals surface area contributed by atoms with Crippen molar-refractivity contribution in [1.29, 1.82) is 0 Å². The number of allylic oxidation sites excluding steroid dienone is 1. The third-order valence-electron chi connectivity index (χ3n) is 2.84. The average molecular weight is 236 g/mol. The summed E-state index contributed by atoms with van der Waals surface area (Å²) in [4.78, 5) is 0. The summed E-state index contributed by atoms with van der Waals surface area (Å²) in [5.74, 6) is -0.272. The SMILES string of the molecule is C=CCCCCCC(O)c1cc(C)cc(F)c1. The van der Waals surface area contributed by atoms with Gasteiger partial charge in [-0.1, -0.05) is 25.0 Å². The second-order valence-electron chi connectivity index (χ2n) is 4.50. The Kier molecular flexibility index (Phi) is 5.92. The average Bonchev–Trinajstić information content (AvgIpc) is 2.27. The standard InChI is InChI=1S/C15H21FO/c1-3-4-5-6-7-8-15(17)13-9-12(2)10-14(16)11-13/h3,9-11,15,17H,1,4-8H2,2H3. The van der Waals surface area contributed by atoms with E-state index >= 15 is 0 Å². The zero-order chi connectivity index (χ0) is 12.7. The lowest BCUT2D eigenvalue weighted by Gasteiger charge is -2.11. The summed E-state index contributed by atoms with van der Waals surface area (Å²) in [6.07, 6.45) is 6.23. The molecule has 1 unspecified atom stereocenters. The van der Waals surface area contributed by atoms with Crippen LogP contribution in [0.25, 0.3) is 0 Å². The number of halogens is 1. The van der Waals surface area contributed by atoms with E-state index < -0.39 is 6.10 Å². The maximum absolute atomic E-state index is 13.2. The molecule has 0 bridgehead atoms. The molecule has 0 aromatic heterocycles. The van der Waals surface area contributed by atoms with Crippen LogP contribution in [0.2, 0.25) is 0 Å². The summed E-state index contributed by atoms with van der Waals surface area (Å²) in [5, 5.41) is 9.94. The quantitative estimate of drug-likeness (QED) is 0.552. The van der Waals surface area contributed by atoms with Gasteiger partial charge >= 0.3 is 0 Å². The number of benzene rings is 1. The largest absolute Gasteiger partial charge is 0.388 e. The molecule has 0 radical (unpaired) electrons. The van der Waals surface area contributed by atoms with Crippen molar-refractivity contribution >= 4 is 0 Å². The van der Waals surface area contributed by atoms with E-state index in [1.807, 2.05) is 19.1 Å². The van der Waals surface area contributed by atoms with Crippen LogP contribution in [0.4, 0.5) is 4.39 Å². The van der Waals surface area contributed by atoms with Gasteiger partial charge in [0.15, 0.2) is 0 Å². The van der Waals surface area contributed by atoms with Crippen LogP contribution in [0.5, 0.6) is 0 Å². The first-order valence-electron chi connectivity index (χ1n) is 6.19. The molecule has 0 aliphatic heterocycles. The van der Waals surface area contributed by atoms with Crippen LogP contribution in [0, 0.1) is 12.7 Å². The van der Waals surface area contributed by atoms with E-state index in [1.54, 1.807) is 0 Å². The maximum atomic E-state index is 13.2. The highest BCUT2D eigenvalue weighted by molar-refractivity contribution is 5.25. The van der Waals surface area contributed by atoms with Gasteiger partial charge in [0.05, 0.1) is 6.10 Å². The molecular weight excluding hydrogens is 215 g/mol. The van der Waals surface area contributed by atoms with Crippen molar-refractivity contribution in [3.63, 3.8) is 0 Å². The van der Waals surface area contributed by atoms with Crippen molar-refractivity contribution < 1.29 is 9.50 Å². The Morgan fingerprint density at radius 3 is 2.71 bits per heavy atom. The van der Waals surface area contributed by atoms with Gasteiger partial charge in [-0.2, -0.15) is 0 Å². The van der Waals surface area contributed by atoms with E-state index in [2.05, 4.69) is 6.58 Å². The van der Waals surface area contributed by atoms with Crippen LogP contribution in [0.1, 0.15) is 49.3 Å². The van der Waals surface area contributed by atoms with E-state index in [-0.39, 0.29) is 5.82 Å². The van der Waals surface area contributed by atoms with Crippen molar-refractivity contribution in [2.24, 2.45) is 0 Å². The number of aliphatic hydroxyl groups excluding tert-OH is 1. The van der Waals surface area contributed by atoms with Gasteiger partial charge < -0.3 is 5.11 Å². The van der Waals surface area contributed by atoms with Crippen molar-refractivity contribution in [3.05, 3.63) is 47.8 Å². The first kappa shape index (κ1) is 13.9. The molecule has 0 saturated heterocycles. The van der Waals surface area contributed by atoms with Crippen LogP contribution < -0.4 is 0 Å². The first-order chi connectivity index (χ1) is 8.13. The Bertz CT molecular complexity index is 340. The second kappa shape index (κ2) is 7.23. The molecule has 1 aromatic carbocycles. The molecule has 1 rings (SSSR count). The van der Waals surface area contributed by atoms with Gasteiger partial charge in [0.2, 0.25) is 0 Å². The molecule has 1 nitrogen and oxygen atoms in total. The third kappa shape index (κ3) is 5.14. The van der Waals surface area contributed by atoms with Crippen LogP contribution in [-0.4, -0.2) is 5.11 Å². The number of aliphatic hydroxyl groups is 1. The van der Waals surface area contributed by atoms with E-state index in [0.29, 0.717) is 12.0 Å². The van der Waals surface area contributed by atoms with Crippen LogP contribution in [0.3, 0.4) is 0 Å². The molecule has 17 heavy (non-hydrogen) atoms. The maximum Gasteiger partial charge on any atom is 0.123 e. The zero-order valence-electron chi connectivity index (χ0n) is 10.5. The predicted molar refractivity (Wildman–Crippen MR) is 69.4 cm³/mol. The Morgan fingerprint density at radius 1 is 1.29 bits per heavy atom. The molecule has 0 spiro atoms. The number of aryl methyl sites for hydroxylation is 1. The van der Waals surface area contributed by atoms with Crippen LogP contribution in [0.15, 0.2) is 30.9 Å². The molecular formula is C15H21FO. The van der Waals surface area contributed by atoms with E-state index in [9.17, 15) is 9.50 Å². The zero-order valence-corrected chi connectivity index (χ0v) is 10.5. The van der Waals surface area contributed by atoms with Gasteiger partial charge in [-0.15, -0.1) is 6.58 Å². The minimum Gasteiger partial charge on any atom is -0.388 e. The Labute approximate surface area is 103 Å². The molecule has 0 heterocycles. The molecule has 94 valence electrons. The second-order valence-corrected chi connectivity index (χ2v) is 4.50. The number of hydrogen-bond acceptors (Lipinski definition) is 1. The van der Waals surface area contributed by atoms with E-state index in [0.717, 1.165) is 31.2 Å². The van der Waals surface area contributed by atoms with Gasteiger partial charge in [-0.3, -0.25) is 0 Å². The summed E-state index contributed by atoms with van der Waals surface area (Å²) in [7, 11) is 0. The molecule has 0 fully saturated rings. The lowest BCUT2D eigenvalue weighted by molar-refractivity contribution is 0.163. The van der Waals surface area contributed by atoms with E-state index in [4.69, 9.17) is 0 Å². The van der Waals surface area contributed by atoms with Gasteiger partial charge in [0.1, 0.15) is 5.82 Å². The lowest BCUT2D eigenvalue weighted by atomic mass is 10.0. The molecule has 2 heteroatoms. The predicted octanol–water partition coefficient (Wildman–Crippen LogP) is 4.30. The number of unbranched alkanes of at least 4 members (excludes halogenated alkanes) is 3. The van der Waals surface area contributed by atoms with Gasteiger partial charge in [0.25, 0.3) is 0 Å². The molecule has 0 amide bonds. The van der Waals surface area contributed by atoms with Crippen LogP contribution >= 0.6 is 0 Å². The number of rotatable bonds is 7. The minimum absolute atomic E-state index is 0.272. The highest BCUT2D eigenvalue weighted by atomic mass is 19.1. The molecule has 1 aromatic rings. The molecule has 1 N–H and O–H groups in total. The first-order valence-corrected chi connectivity index (χ1v) is 6.19. The van der Waals surface area contributed by atoms with E-state index in [1.165, 1.54) is 12.1 Å². The van der Waals surface area contributed by atoms with Crippen LogP contribution in [-0.2, 0) is 0 Å². The minimum atomic E-state index is -0.548. The normalized spacial score (nSPS) is 12.4. The topological polar surface area (TPSA) is 20.2 Å². The van der Waals surface area contributed by atoms with Gasteiger partial charge in [0, 0.05) is 0 Å². The highest BCUT2D eigenvalue weighted by Crippen LogP contribution is 2.22. The molecule has 0 aliphatic rings. The summed E-state index contributed by atoms with van der Waals surface area (Å²) < 4.78 is 13.2.